The van der Waals surface area contributed by atoms with Crippen molar-refractivity contribution in [3.05, 3.63) is 59.4 Å². The molecule has 0 N–H and O–H groups in total. The zero-order valence-electron chi connectivity index (χ0n) is 8.85. The molecule has 0 unspecified atom stereocenters. The summed E-state index contributed by atoms with van der Waals surface area (Å²) in [4.78, 5) is 10.5. The quantitative estimate of drug-likeness (QED) is 0.736. The van der Waals surface area contributed by atoms with E-state index in [-0.39, 0.29) is 5.56 Å². The molecule has 3 heteroatoms. The third-order valence-corrected chi connectivity index (χ3v) is 2.47. The van der Waals surface area contributed by atoms with Crippen LogP contribution in [0.2, 0.25) is 0 Å². The normalized spacial score (nSPS) is 9.65. The molecular weight excluding hydrogens is 217 g/mol. The van der Waals surface area contributed by atoms with E-state index in [1.165, 1.54) is 12.1 Å². The summed E-state index contributed by atoms with van der Waals surface area (Å²) in [6.45, 7) is 0. The number of aldehydes is 1. The van der Waals surface area contributed by atoms with Crippen LogP contribution in [0.1, 0.15) is 15.9 Å². The molecule has 0 radical (unpaired) electrons. The Morgan fingerprint density at radius 2 is 1.71 bits per heavy atom. The van der Waals surface area contributed by atoms with Crippen molar-refractivity contribution in [1.82, 2.24) is 0 Å². The van der Waals surface area contributed by atoms with Gasteiger partial charge in [0.25, 0.3) is 0 Å². The molecular formula is C14H8FNO. The standard InChI is InChI=1S/C14H8FNO/c15-14-7-12(5-6-13(14)9-17)11-3-1-10(8-16)2-4-11/h1-7,9H. The third kappa shape index (κ3) is 2.21. The molecule has 0 amide bonds. The number of hydrogen-bond donors (Lipinski definition) is 0. The van der Waals surface area contributed by atoms with Crippen LogP contribution >= 0.6 is 0 Å². The van der Waals surface area contributed by atoms with Gasteiger partial charge in [-0.3, -0.25) is 4.79 Å². The topological polar surface area (TPSA) is 40.9 Å². The van der Waals surface area contributed by atoms with E-state index in [0.29, 0.717) is 17.4 Å². The van der Waals surface area contributed by atoms with E-state index in [4.69, 9.17) is 5.26 Å². The van der Waals surface area contributed by atoms with Gasteiger partial charge in [-0.05, 0) is 35.4 Å². The van der Waals surface area contributed by atoms with E-state index in [1.54, 1.807) is 30.3 Å². The predicted octanol–water partition coefficient (Wildman–Crippen LogP) is 3.18. The van der Waals surface area contributed by atoms with E-state index in [0.717, 1.165) is 5.56 Å². The van der Waals surface area contributed by atoms with Gasteiger partial charge in [-0.1, -0.05) is 18.2 Å². The molecule has 0 saturated carbocycles. The highest BCUT2D eigenvalue weighted by Crippen LogP contribution is 2.21. The maximum atomic E-state index is 13.4. The fourth-order valence-electron chi connectivity index (χ4n) is 1.54. The number of carbonyl (C=O) groups is 1. The predicted molar refractivity (Wildman–Crippen MR) is 61.9 cm³/mol. The van der Waals surface area contributed by atoms with Crippen LogP contribution in [0.25, 0.3) is 11.1 Å². The summed E-state index contributed by atoms with van der Waals surface area (Å²) < 4.78 is 13.4. The molecule has 0 aliphatic carbocycles. The number of halogens is 1. The summed E-state index contributed by atoms with van der Waals surface area (Å²) in [5.41, 5.74) is 2.08. The van der Waals surface area contributed by atoms with Crippen molar-refractivity contribution >= 4 is 6.29 Å². The van der Waals surface area contributed by atoms with Gasteiger partial charge in [0.1, 0.15) is 5.82 Å². The molecule has 82 valence electrons. The minimum Gasteiger partial charge on any atom is -0.298 e. The highest BCUT2D eigenvalue weighted by molar-refractivity contribution is 5.77. The zero-order chi connectivity index (χ0) is 12.3. The summed E-state index contributed by atoms with van der Waals surface area (Å²) in [6, 6.07) is 13.3. The number of rotatable bonds is 2. The van der Waals surface area contributed by atoms with Crippen molar-refractivity contribution in [3.8, 4) is 17.2 Å². The molecule has 0 saturated heterocycles. The van der Waals surface area contributed by atoms with Crippen LogP contribution in [-0.4, -0.2) is 6.29 Å². The van der Waals surface area contributed by atoms with Gasteiger partial charge in [-0.15, -0.1) is 0 Å². The van der Waals surface area contributed by atoms with Gasteiger partial charge in [0.2, 0.25) is 0 Å². The number of carbonyl (C=O) groups excluding carboxylic acids is 1. The van der Waals surface area contributed by atoms with Crippen molar-refractivity contribution < 1.29 is 9.18 Å². The number of benzene rings is 2. The Morgan fingerprint density at radius 1 is 1.06 bits per heavy atom. The van der Waals surface area contributed by atoms with E-state index < -0.39 is 5.82 Å². The van der Waals surface area contributed by atoms with Crippen molar-refractivity contribution in [1.29, 1.82) is 5.26 Å². The molecule has 2 aromatic carbocycles. The second-order valence-corrected chi connectivity index (χ2v) is 3.54. The molecule has 17 heavy (non-hydrogen) atoms. The first-order valence-corrected chi connectivity index (χ1v) is 5.00. The highest BCUT2D eigenvalue weighted by atomic mass is 19.1. The smallest absolute Gasteiger partial charge is 0.152 e. The monoisotopic (exact) mass is 225 g/mol. The molecule has 0 fully saturated rings. The van der Waals surface area contributed by atoms with Crippen LogP contribution in [0.5, 0.6) is 0 Å². The van der Waals surface area contributed by atoms with Crippen molar-refractivity contribution in [2.24, 2.45) is 0 Å². The first-order valence-electron chi connectivity index (χ1n) is 5.00. The van der Waals surface area contributed by atoms with Gasteiger partial charge in [0, 0.05) is 0 Å². The Kier molecular flexibility index (Phi) is 2.97. The van der Waals surface area contributed by atoms with E-state index in [1.807, 2.05) is 6.07 Å². The molecule has 2 aromatic rings. The highest BCUT2D eigenvalue weighted by Gasteiger charge is 2.04. The number of hydrogen-bond acceptors (Lipinski definition) is 2. The molecule has 0 bridgehead atoms. The van der Waals surface area contributed by atoms with E-state index in [9.17, 15) is 9.18 Å². The van der Waals surface area contributed by atoms with Gasteiger partial charge in [0.05, 0.1) is 17.2 Å². The molecule has 0 atom stereocenters. The second-order valence-electron chi connectivity index (χ2n) is 3.54. The van der Waals surface area contributed by atoms with E-state index in [2.05, 4.69) is 0 Å². The summed E-state index contributed by atoms with van der Waals surface area (Å²) in [6.07, 6.45) is 0.484. The van der Waals surface area contributed by atoms with Crippen LogP contribution in [0.3, 0.4) is 0 Å². The fraction of sp³-hybridized carbons (Fsp3) is 0. The van der Waals surface area contributed by atoms with Crippen LogP contribution in [-0.2, 0) is 0 Å². The molecule has 0 spiro atoms. The lowest BCUT2D eigenvalue weighted by atomic mass is 10.0. The van der Waals surface area contributed by atoms with Crippen molar-refractivity contribution in [3.63, 3.8) is 0 Å². The van der Waals surface area contributed by atoms with Gasteiger partial charge < -0.3 is 0 Å². The fourth-order valence-corrected chi connectivity index (χ4v) is 1.54. The van der Waals surface area contributed by atoms with E-state index >= 15 is 0 Å². The van der Waals surface area contributed by atoms with Gasteiger partial charge in [-0.2, -0.15) is 5.26 Å². The largest absolute Gasteiger partial charge is 0.298 e. The van der Waals surface area contributed by atoms with Gasteiger partial charge in [-0.25, -0.2) is 4.39 Å². The third-order valence-electron chi connectivity index (χ3n) is 2.47. The van der Waals surface area contributed by atoms with Crippen LogP contribution in [0, 0.1) is 17.1 Å². The Balaban J connectivity index is 2.43. The Morgan fingerprint density at radius 3 is 2.24 bits per heavy atom. The number of nitrogens with zero attached hydrogens (tertiary/aromatic N) is 1. The Hall–Kier alpha value is -2.47. The molecule has 0 aromatic heterocycles. The average Bonchev–Trinajstić information content (AvgIpc) is 2.39. The lowest BCUT2D eigenvalue weighted by Crippen LogP contribution is -1.88. The second kappa shape index (κ2) is 4.58. The summed E-state index contributed by atoms with van der Waals surface area (Å²) >= 11 is 0. The minimum absolute atomic E-state index is 0.0439. The van der Waals surface area contributed by atoms with Crippen LogP contribution in [0.4, 0.5) is 4.39 Å². The summed E-state index contributed by atoms with van der Waals surface area (Å²) in [7, 11) is 0. The van der Waals surface area contributed by atoms with Crippen molar-refractivity contribution in [2.45, 2.75) is 0 Å². The SMILES string of the molecule is N#Cc1ccc(-c2ccc(C=O)c(F)c2)cc1. The number of nitriles is 1. The lowest BCUT2D eigenvalue weighted by molar-refractivity contribution is 0.112. The molecule has 0 aliphatic rings. The minimum atomic E-state index is -0.540. The Labute approximate surface area is 97.9 Å². The average molecular weight is 225 g/mol. The first-order chi connectivity index (χ1) is 8.24. The molecule has 2 rings (SSSR count). The lowest BCUT2D eigenvalue weighted by Gasteiger charge is -2.03. The summed E-state index contributed by atoms with van der Waals surface area (Å²) in [5.74, 6) is -0.540. The van der Waals surface area contributed by atoms with Gasteiger partial charge >= 0.3 is 0 Å². The molecule has 2 nitrogen and oxygen atoms in total. The molecule has 0 heterocycles. The molecule has 0 aliphatic heterocycles. The van der Waals surface area contributed by atoms with Gasteiger partial charge in [0.15, 0.2) is 6.29 Å². The Bertz CT molecular complexity index is 597. The first kappa shape index (κ1) is 11.0. The maximum absolute atomic E-state index is 13.4. The van der Waals surface area contributed by atoms with Crippen molar-refractivity contribution in [2.75, 3.05) is 0 Å². The van der Waals surface area contributed by atoms with Crippen LogP contribution in [0.15, 0.2) is 42.5 Å². The van der Waals surface area contributed by atoms with Crippen LogP contribution < -0.4 is 0 Å². The maximum Gasteiger partial charge on any atom is 0.152 e. The summed E-state index contributed by atoms with van der Waals surface area (Å²) in [5, 5.41) is 8.66. The zero-order valence-corrected chi connectivity index (χ0v) is 8.85.